The molecule has 0 saturated carbocycles. The largest absolute Gasteiger partial charge is 0.470 e. The van der Waals surface area contributed by atoms with Crippen molar-refractivity contribution < 1.29 is 27.9 Å². The number of benzene rings is 3. The number of fused-ring (bicyclic) bond motifs is 1. The molecule has 0 bridgehead atoms. The van der Waals surface area contributed by atoms with Crippen molar-refractivity contribution in [2.24, 2.45) is 0 Å². The Morgan fingerprint density at radius 2 is 1.58 bits per heavy atom. The van der Waals surface area contributed by atoms with E-state index in [0.717, 1.165) is 0 Å². The van der Waals surface area contributed by atoms with Gasteiger partial charge in [-0.2, -0.15) is 0 Å². The van der Waals surface area contributed by atoms with E-state index in [2.05, 4.69) is 27.8 Å². The number of carbonyl (C=O) groups is 2. The first-order valence-corrected chi connectivity index (χ1v) is 14.2. The van der Waals surface area contributed by atoms with Crippen molar-refractivity contribution in [3.05, 3.63) is 102 Å². The van der Waals surface area contributed by atoms with Gasteiger partial charge in [-0.3, -0.25) is 10.1 Å². The second kappa shape index (κ2) is 10.7. The zero-order chi connectivity index (χ0) is 27.6. The first-order valence-electron chi connectivity index (χ1n) is 11.8. The van der Waals surface area contributed by atoms with Crippen LogP contribution in [-0.4, -0.2) is 24.1 Å². The van der Waals surface area contributed by atoms with Crippen LogP contribution in [0.2, 0.25) is 0 Å². The fourth-order valence-electron chi connectivity index (χ4n) is 4.06. The molecule has 38 heavy (non-hydrogen) atoms. The van der Waals surface area contributed by atoms with Crippen LogP contribution in [0.3, 0.4) is 0 Å². The number of carbonyl (C=O) groups excluding carboxylic acids is 2. The van der Waals surface area contributed by atoms with Crippen molar-refractivity contribution in [3.63, 3.8) is 0 Å². The molecule has 2 amide bonds. The minimum Gasteiger partial charge on any atom is -0.444 e. The fourth-order valence-corrected chi connectivity index (χ4v) is 6.59. The molecule has 0 spiro atoms. The highest BCUT2D eigenvalue weighted by Crippen LogP contribution is 2.67. The maximum Gasteiger partial charge on any atom is 0.470 e. The monoisotopic (exact) mass is 598 g/mol. The summed E-state index contributed by atoms with van der Waals surface area (Å²) in [5.74, 6) is -0.348. The number of nitrogens with zero attached hydrogens (tertiary/aromatic N) is 1. The van der Waals surface area contributed by atoms with Crippen molar-refractivity contribution in [2.45, 2.75) is 31.7 Å². The summed E-state index contributed by atoms with van der Waals surface area (Å²) in [5.41, 5.74) is -0.263. The lowest BCUT2D eigenvalue weighted by Gasteiger charge is -2.36. The molecule has 3 aromatic carbocycles. The van der Waals surface area contributed by atoms with Gasteiger partial charge < -0.3 is 18.7 Å². The number of rotatable bonds is 8. The zero-order valence-electron chi connectivity index (χ0n) is 21.2. The molecular formula is C28H28BrN2O6P. The highest BCUT2D eigenvalue weighted by atomic mass is 79.9. The Kier molecular flexibility index (Phi) is 7.72. The molecule has 8 nitrogen and oxygen atoms in total. The average molecular weight is 599 g/mol. The van der Waals surface area contributed by atoms with Crippen LogP contribution in [0.25, 0.3) is 0 Å². The first kappa shape index (κ1) is 27.5. The molecule has 4 rings (SSSR count). The van der Waals surface area contributed by atoms with Crippen LogP contribution in [0.15, 0.2) is 96.0 Å². The minimum absolute atomic E-state index is 0.0852. The van der Waals surface area contributed by atoms with E-state index in [1.54, 1.807) is 99.6 Å². The van der Waals surface area contributed by atoms with Gasteiger partial charge in [-0.05, 0) is 63.2 Å². The Morgan fingerprint density at radius 3 is 2.08 bits per heavy atom. The Labute approximate surface area is 230 Å². The van der Waals surface area contributed by atoms with Crippen molar-refractivity contribution in [1.82, 2.24) is 5.32 Å². The molecule has 1 atom stereocenters. The molecule has 0 aromatic heterocycles. The summed E-state index contributed by atoms with van der Waals surface area (Å²) in [6, 6.07) is 21.7. The van der Waals surface area contributed by atoms with E-state index in [-0.39, 0.29) is 23.6 Å². The Morgan fingerprint density at radius 1 is 1.03 bits per heavy atom. The van der Waals surface area contributed by atoms with Gasteiger partial charge in [-0.1, -0.05) is 58.4 Å². The van der Waals surface area contributed by atoms with Gasteiger partial charge in [0.15, 0.2) is 0 Å². The topological polar surface area (TPSA) is 94.2 Å². The van der Waals surface area contributed by atoms with Gasteiger partial charge in [0.05, 0.1) is 5.69 Å². The van der Waals surface area contributed by atoms with Gasteiger partial charge in [-0.25, -0.2) is 9.36 Å². The lowest BCUT2D eigenvalue weighted by Crippen LogP contribution is -2.55. The van der Waals surface area contributed by atoms with Crippen LogP contribution in [0.4, 0.5) is 10.5 Å². The third-order valence-electron chi connectivity index (χ3n) is 5.54. The molecule has 0 unspecified atom stereocenters. The molecule has 10 heteroatoms. The average Bonchev–Trinajstić information content (AvgIpc) is 3.07. The van der Waals surface area contributed by atoms with Crippen LogP contribution in [0.5, 0.6) is 11.5 Å². The van der Waals surface area contributed by atoms with Crippen molar-refractivity contribution in [3.8, 4) is 11.5 Å². The summed E-state index contributed by atoms with van der Waals surface area (Å²) in [5, 5.41) is 0.329. The predicted molar refractivity (Wildman–Crippen MR) is 149 cm³/mol. The summed E-state index contributed by atoms with van der Waals surface area (Å²) in [6.07, 6.45) is 0.569. The van der Waals surface area contributed by atoms with Crippen LogP contribution in [0.1, 0.15) is 26.3 Å². The predicted octanol–water partition coefficient (Wildman–Crippen LogP) is 7.01. The molecule has 1 N–H and O–H groups in total. The van der Waals surface area contributed by atoms with Gasteiger partial charge >= 0.3 is 13.7 Å². The maximum absolute atomic E-state index is 15.2. The summed E-state index contributed by atoms with van der Waals surface area (Å²) in [7, 11) is -4.69. The third-order valence-corrected chi connectivity index (χ3v) is 8.30. The summed E-state index contributed by atoms with van der Waals surface area (Å²) in [6.45, 7) is 8.90. The Hall–Kier alpha value is -3.55. The summed E-state index contributed by atoms with van der Waals surface area (Å²) >= 11 is 3.45. The number of halogens is 1. The van der Waals surface area contributed by atoms with Gasteiger partial charge in [0.2, 0.25) is 0 Å². The Bertz CT molecular complexity index is 1350. The molecular weight excluding hydrogens is 571 g/mol. The number of ether oxygens (including phenoxy) is 1. The van der Waals surface area contributed by atoms with E-state index in [1.807, 2.05) is 0 Å². The van der Waals surface area contributed by atoms with Crippen molar-refractivity contribution in [2.75, 3.05) is 11.4 Å². The van der Waals surface area contributed by atoms with E-state index in [1.165, 1.54) is 11.0 Å². The highest BCUT2D eigenvalue weighted by molar-refractivity contribution is 9.10. The van der Waals surface area contributed by atoms with E-state index < -0.39 is 30.5 Å². The van der Waals surface area contributed by atoms with Crippen LogP contribution in [0, 0.1) is 0 Å². The van der Waals surface area contributed by atoms with Crippen LogP contribution < -0.4 is 19.3 Å². The van der Waals surface area contributed by atoms with Gasteiger partial charge in [0.25, 0.3) is 11.2 Å². The van der Waals surface area contributed by atoms with Crippen LogP contribution >= 0.6 is 23.5 Å². The first-order chi connectivity index (χ1) is 18.0. The molecule has 0 radical (unpaired) electrons. The van der Waals surface area contributed by atoms with Gasteiger partial charge in [-0.15, -0.1) is 6.58 Å². The number of para-hydroxylation sites is 2. The molecule has 0 saturated heterocycles. The van der Waals surface area contributed by atoms with Crippen LogP contribution in [-0.2, 0) is 19.4 Å². The third kappa shape index (κ3) is 5.35. The number of hydrogen-bond donors (Lipinski definition) is 1. The molecule has 0 fully saturated rings. The Balaban J connectivity index is 2.00. The van der Waals surface area contributed by atoms with E-state index >= 15 is 4.57 Å². The maximum atomic E-state index is 15.2. The molecule has 1 aliphatic heterocycles. The highest BCUT2D eigenvalue weighted by Gasteiger charge is 2.68. The number of anilines is 1. The second-order valence-corrected chi connectivity index (χ2v) is 12.5. The molecule has 1 aliphatic rings. The van der Waals surface area contributed by atoms with E-state index in [9.17, 15) is 9.59 Å². The number of hydrogen-bond acceptors (Lipinski definition) is 6. The molecule has 198 valence electrons. The second-order valence-electron chi connectivity index (χ2n) is 9.51. The lowest BCUT2D eigenvalue weighted by molar-refractivity contribution is -0.121. The number of alkyl carbamates (subject to hydrolysis) is 1. The lowest BCUT2D eigenvalue weighted by atomic mass is 10.1. The van der Waals surface area contributed by atoms with Crippen molar-refractivity contribution in [1.29, 1.82) is 0 Å². The normalized spacial score (nSPS) is 16.9. The van der Waals surface area contributed by atoms with E-state index in [4.69, 9.17) is 13.8 Å². The SMILES string of the molecule is C=CCN1C(=O)[C@](NC(=O)OC(C)(C)C)(P(=O)(Oc2ccccc2)Oc2ccccc2)c2cc(Br)ccc21. The molecule has 0 aliphatic carbocycles. The minimum atomic E-state index is -4.69. The zero-order valence-corrected chi connectivity index (χ0v) is 23.7. The molecule has 1 heterocycles. The quantitative estimate of drug-likeness (QED) is 0.221. The van der Waals surface area contributed by atoms with Crippen molar-refractivity contribution >= 4 is 41.2 Å². The standard InChI is InChI=1S/C28H28BrN2O6P/c1-5-18-31-24-17-16-20(29)19-23(24)28(25(31)32,30-26(33)35-27(2,3)4)38(34,36-21-12-8-6-9-13-21)37-22-14-10-7-11-15-22/h5-17,19H,1,18H2,2-4H3,(H,30,33)/t28-/m1/s1. The van der Waals surface area contributed by atoms with Gasteiger partial charge in [0.1, 0.15) is 17.1 Å². The van der Waals surface area contributed by atoms with E-state index in [0.29, 0.717) is 10.2 Å². The summed E-state index contributed by atoms with van der Waals surface area (Å²) < 4.78 is 33.5. The summed E-state index contributed by atoms with van der Waals surface area (Å²) in [4.78, 5) is 29.1. The van der Waals surface area contributed by atoms with Gasteiger partial charge in [0, 0.05) is 16.6 Å². The smallest absolute Gasteiger partial charge is 0.444 e. The fraction of sp³-hybridized carbons (Fsp3) is 0.214. The molecule has 3 aromatic rings. The number of nitrogens with one attached hydrogen (secondary N) is 1. The number of amides is 2.